The molecule has 132 valence electrons. The number of thiophene rings is 1. The van der Waals surface area contributed by atoms with E-state index in [4.69, 9.17) is 4.74 Å². The van der Waals surface area contributed by atoms with Crippen LogP contribution in [0.15, 0.2) is 35.7 Å². The van der Waals surface area contributed by atoms with Crippen molar-refractivity contribution in [2.45, 2.75) is 18.8 Å². The van der Waals surface area contributed by atoms with E-state index in [9.17, 15) is 14.0 Å². The van der Waals surface area contributed by atoms with Gasteiger partial charge in [0.15, 0.2) is 0 Å². The summed E-state index contributed by atoms with van der Waals surface area (Å²) >= 11 is 1.18. The molecule has 0 bridgehead atoms. The van der Waals surface area contributed by atoms with E-state index in [1.807, 2.05) is 0 Å². The Labute approximate surface area is 152 Å². The third-order valence-electron chi connectivity index (χ3n) is 4.32. The first kappa shape index (κ1) is 16.7. The molecule has 1 aliphatic carbocycles. The van der Waals surface area contributed by atoms with Crippen molar-refractivity contribution in [3.8, 4) is 0 Å². The van der Waals surface area contributed by atoms with Crippen molar-refractivity contribution in [2.75, 3.05) is 12.4 Å². The lowest BCUT2D eigenvalue weighted by Crippen LogP contribution is -2.15. The number of amides is 1. The summed E-state index contributed by atoms with van der Waals surface area (Å²) < 4.78 is 18.5. The summed E-state index contributed by atoms with van der Waals surface area (Å²) in [6, 6.07) is 7.59. The molecule has 2 heterocycles. The van der Waals surface area contributed by atoms with Crippen molar-refractivity contribution in [1.82, 2.24) is 4.98 Å². The first-order valence-electron chi connectivity index (χ1n) is 8.14. The van der Waals surface area contributed by atoms with Gasteiger partial charge in [0.1, 0.15) is 10.7 Å². The Balaban J connectivity index is 1.75. The third kappa shape index (κ3) is 3.06. The molecule has 0 saturated heterocycles. The molecule has 0 unspecified atom stereocenters. The zero-order chi connectivity index (χ0) is 18.3. The third-order valence-corrected chi connectivity index (χ3v) is 5.21. The van der Waals surface area contributed by atoms with Crippen LogP contribution in [0.5, 0.6) is 0 Å². The fourth-order valence-corrected chi connectivity index (χ4v) is 3.61. The maximum atomic E-state index is 13.7. The molecule has 1 saturated carbocycles. The maximum absolute atomic E-state index is 13.7. The summed E-state index contributed by atoms with van der Waals surface area (Å²) in [6.07, 6.45) is 2.08. The SMILES string of the molecule is COC(=O)c1sccc1NC(=O)c1cc(C2CC2)nc2ccc(F)cc12. The minimum atomic E-state index is -0.514. The predicted molar refractivity (Wildman–Crippen MR) is 97.3 cm³/mol. The molecule has 1 fully saturated rings. The van der Waals surface area contributed by atoms with Crippen LogP contribution in [0, 0.1) is 5.82 Å². The highest BCUT2D eigenvalue weighted by Gasteiger charge is 2.27. The number of nitrogens with one attached hydrogen (secondary N) is 1. The number of carbonyl (C=O) groups is 2. The van der Waals surface area contributed by atoms with E-state index < -0.39 is 17.7 Å². The number of aromatic nitrogens is 1. The van der Waals surface area contributed by atoms with Gasteiger partial charge in [-0.25, -0.2) is 9.18 Å². The van der Waals surface area contributed by atoms with Gasteiger partial charge in [0, 0.05) is 17.0 Å². The number of pyridine rings is 1. The molecule has 0 radical (unpaired) electrons. The van der Waals surface area contributed by atoms with Crippen LogP contribution in [0.25, 0.3) is 10.9 Å². The second-order valence-corrected chi connectivity index (χ2v) is 7.06. The first-order valence-corrected chi connectivity index (χ1v) is 9.02. The van der Waals surface area contributed by atoms with Crippen LogP contribution in [0.4, 0.5) is 10.1 Å². The standard InChI is InChI=1S/C19H15FN2O3S/c1-25-19(24)17-15(6-7-26-17)22-18(23)13-9-16(10-2-3-10)21-14-5-4-11(20)8-12(13)14/h4-10H,2-3H2,1H3,(H,22,23). The van der Waals surface area contributed by atoms with Gasteiger partial charge in [-0.1, -0.05) is 0 Å². The summed E-state index contributed by atoms with van der Waals surface area (Å²) in [5, 5.41) is 4.88. The number of carbonyl (C=O) groups excluding carboxylic acids is 2. The maximum Gasteiger partial charge on any atom is 0.350 e. The van der Waals surface area contributed by atoms with E-state index in [1.165, 1.54) is 30.6 Å². The second-order valence-electron chi connectivity index (χ2n) is 6.14. The van der Waals surface area contributed by atoms with Crippen molar-refractivity contribution < 1.29 is 18.7 Å². The highest BCUT2D eigenvalue weighted by Crippen LogP contribution is 2.40. The molecule has 2 aromatic heterocycles. The Kier molecular flexibility index (Phi) is 4.16. The first-order chi connectivity index (χ1) is 12.6. The molecule has 3 aromatic rings. The van der Waals surface area contributed by atoms with Crippen LogP contribution in [-0.2, 0) is 4.74 Å². The van der Waals surface area contributed by atoms with Crippen molar-refractivity contribution in [3.63, 3.8) is 0 Å². The van der Waals surface area contributed by atoms with E-state index in [0.717, 1.165) is 18.5 Å². The molecule has 5 nitrogen and oxygen atoms in total. The molecular weight excluding hydrogens is 355 g/mol. The molecule has 1 aromatic carbocycles. The predicted octanol–water partition coefficient (Wildman–Crippen LogP) is 4.35. The number of rotatable bonds is 4. The Bertz CT molecular complexity index is 1030. The van der Waals surface area contributed by atoms with Crippen LogP contribution < -0.4 is 5.32 Å². The van der Waals surface area contributed by atoms with E-state index in [-0.39, 0.29) is 0 Å². The number of nitrogens with zero attached hydrogens (tertiary/aromatic N) is 1. The Hall–Kier alpha value is -2.80. The van der Waals surface area contributed by atoms with Gasteiger partial charge in [-0.15, -0.1) is 11.3 Å². The molecule has 0 atom stereocenters. The van der Waals surface area contributed by atoms with E-state index in [1.54, 1.807) is 23.6 Å². The quantitative estimate of drug-likeness (QED) is 0.693. The molecule has 7 heteroatoms. The topological polar surface area (TPSA) is 68.3 Å². The van der Waals surface area contributed by atoms with Crippen LogP contribution in [-0.4, -0.2) is 24.0 Å². The van der Waals surface area contributed by atoms with Crippen molar-refractivity contribution in [2.24, 2.45) is 0 Å². The smallest absolute Gasteiger partial charge is 0.350 e. The summed E-state index contributed by atoms with van der Waals surface area (Å²) in [5.41, 5.74) is 2.15. The van der Waals surface area contributed by atoms with Gasteiger partial charge in [-0.2, -0.15) is 0 Å². The van der Waals surface area contributed by atoms with Crippen LogP contribution >= 0.6 is 11.3 Å². The summed E-state index contributed by atoms with van der Waals surface area (Å²) in [6.45, 7) is 0. The lowest BCUT2D eigenvalue weighted by Gasteiger charge is -2.10. The van der Waals surface area contributed by atoms with Gasteiger partial charge in [-0.05, 0) is 48.6 Å². The number of methoxy groups -OCH3 is 1. The molecule has 1 N–H and O–H groups in total. The van der Waals surface area contributed by atoms with Gasteiger partial charge >= 0.3 is 5.97 Å². The van der Waals surface area contributed by atoms with Gasteiger partial charge < -0.3 is 10.1 Å². The van der Waals surface area contributed by atoms with E-state index in [2.05, 4.69) is 10.3 Å². The molecule has 4 rings (SSSR count). The Morgan fingerprint density at radius 2 is 2.08 bits per heavy atom. The van der Waals surface area contributed by atoms with Crippen LogP contribution in [0.1, 0.15) is 44.5 Å². The summed E-state index contributed by atoms with van der Waals surface area (Å²) in [7, 11) is 1.29. The average molecular weight is 370 g/mol. The second kappa shape index (κ2) is 6.49. The van der Waals surface area contributed by atoms with E-state index >= 15 is 0 Å². The average Bonchev–Trinajstić information content (AvgIpc) is 3.39. The lowest BCUT2D eigenvalue weighted by molar-refractivity contribution is 0.0607. The molecule has 1 aliphatic rings. The fraction of sp³-hybridized carbons (Fsp3) is 0.211. The fourth-order valence-electron chi connectivity index (χ4n) is 2.84. The Morgan fingerprint density at radius 1 is 1.27 bits per heavy atom. The summed E-state index contributed by atoms with van der Waals surface area (Å²) in [4.78, 5) is 29.6. The highest BCUT2D eigenvalue weighted by molar-refractivity contribution is 7.12. The number of hydrogen-bond acceptors (Lipinski definition) is 5. The Morgan fingerprint density at radius 3 is 2.81 bits per heavy atom. The molecule has 26 heavy (non-hydrogen) atoms. The highest BCUT2D eigenvalue weighted by atomic mass is 32.1. The van der Waals surface area contributed by atoms with Crippen molar-refractivity contribution in [3.05, 3.63) is 57.7 Å². The minimum absolute atomic E-state index is 0.313. The van der Waals surface area contributed by atoms with Gasteiger partial charge in [0.05, 0.1) is 23.9 Å². The van der Waals surface area contributed by atoms with Gasteiger partial charge in [-0.3, -0.25) is 9.78 Å². The number of fused-ring (bicyclic) bond motifs is 1. The van der Waals surface area contributed by atoms with Crippen molar-refractivity contribution in [1.29, 1.82) is 0 Å². The van der Waals surface area contributed by atoms with Crippen LogP contribution in [0.2, 0.25) is 0 Å². The number of hydrogen-bond donors (Lipinski definition) is 1. The summed E-state index contributed by atoms with van der Waals surface area (Å²) in [5.74, 6) is -1.01. The number of anilines is 1. The molecular formula is C19H15FN2O3S. The zero-order valence-electron chi connectivity index (χ0n) is 13.9. The van der Waals surface area contributed by atoms with Crippen LogP contribution in [0.3, 0.4) is 0 Å². The minimum Gasteiger partial charge on any atom is -0.465 e. The van der Waals surface area contributed by atoms with Gasteiger partial charge in [0.25, 0.3) is 5.91 Å². The monoisotopic (exact) mass is 370 g/mol. The molecule has 0 spiro atoms. The number of halogens is 1. The molecule has 1 amide bonds. The number of ether oxygens (including phenoxy) is 1. The molecule has 0 aliphatic heterocycles. The van der Waals surface area contributed by atoms with E-state index in [0.29, 0.717) is 32.9 Å². The van der Waals surface area contributed by atoms with Gasteiger partial charge in [0.2, 0.25) is 0 Å². The van der Waals surface area contributed by atoms with Crippen molar-refractivity contribution >= 4 is 39.8 Å². The largest absolute Gasteiger partial charge is 0.465 e. The normalized spacial score (nSPS) is 13.6. The number of esters is 1. The lowest BCUT2D eigenvalue weighted by atomic mass is 10.0. The zero-order valence-corrected chi connectivity index (χ0v) is 14.7. The number of benzene rings is 1.